The van der Waals surface area contributed by atoms with Gasteiger partial charge in [-0.15, -0.1) is 0 Å². The van der Waals surface area contributed by atoms with E-state index in [1.807, 2.05) is 0 Å². The largest absolute Gasteiger partial charge is 0.324 e. The lowest BCUT2D eigenvalue weighted by atomic mass is 10.4. The summed E-state index contributed by atoms with van der Waals surface area (Å²) in [6, 6.07) is 3.81. The second-order valence-corrected chi connectivity index (χ2v) is 9.11. The van der Waals surface area contributed by atoms with Gasteiger partial charge in [0.1, 0.15) is 8.24 Å². The second kappa shape index (κ2) is 3.28. The quantitative estimate of drug-likeness (QED) is 0.577. The van der Waals surface area contributed by atoms with Gasteiger partial charge >= 0.3 is 0 Å². The van der Waals surface area contributed by atoms with Crippen molar-refractivity contribution in [3.05, 3.63) is 0 Å². The summed E-state index contributed by atoms with van der Waals surface area (Å²) in [6.45, 7) is 7.17. The van der Waals surface area contributed by atoms with Crippen molar-refractivity contribution in [3.8, 4) is 0 Å². The molecule has 1 saturated heterocycles. The van der Waals surface area contributed by atoms with Crippen molar-refractivity contribution >= 4 is 8.24 Å². The van der Waals surface area contributed by atoms with E-state index in [9.17, 15) is 0 Å². The molecule has 2 heteroatoms. The molecule has 66 valence electrons. The first-order valence-electron chi connectivity index (χ1n) is 4.79. The number of nitrogens with zero attached hydrogens (tertiary/aromatic N) is 1. The first kappa shape index (κ1) is 9.27. The fourth-order valence-corrected chi connectivity index (χ4v) is 6.34. The zero-order valence-electron chi connectivity index (χ0n) is 8.35. The van der Waals surface area contributed by atoms with Crippen LogP contribution in [-0.2, 0) is 0 Å². The van der Waals surface area contributed by atoms with E-state index in [1.165, 1.54) is 24.9 Å². The van der Waals surface area contributed by atoms with Gasteiger partial charge in [-0.25, -0.2) is 0 Å². The third-order valence-corrected chi connectivity index (χ3v) is 8.39. The van der Waals surface area contributed by atoms with Crippen LogP contribution in [0.15, 0.2) is 0 Å². The van der Waals surface area contributed by atoms with Gasteiger partial charge in [-0.1, -0.05) is 33.2 Å². The molecule has 1 rings (SSSR count). The van der Waals surface area contributed by atoms with E-state index in [1.54, 1.807) is 0 Å². The maximum Gasteiger partial charge on any atom is 0.125 e. The molecule has 0 saturated carbocycles. The van der Waals surface area contributed by atoms with Crippen LogP contribution in [0.5, 0.6) is 0 Å². The molecule has 0 spiro atoms. The normalized spacial score (nSPS) is 23.5. The average Bonchev–Trinajstić information content (AvgIpc) is 2.35. The van der Waals surface area contributed by atoms with Crippen molar-refractivity contribution in [1.82, 2.24) is 4.57 Å². The number of rotatable bonds is 2. The third kappa shape index (κ3) is 1.85. The van der Waals surface area contributed by atoms with Crippen LogP contribution in [0.1, 0.15) is 26.7 Å². The Kier molecular flexibility index (Phi) is 2.76. The van der Waals surface area contributed by atoms with Crippen molar-refractivity contribution in [3.63, 3.8) is 0 Å². The first-order valence-corrected chi connectivity index (χ1v) is 7.65. The van der Waals surface area contributed by atoms with Crippen molar-refractivity contribution in [2.75, 3.05) is 7.05 Å². The smallest absolute Gasteiger partial charge is 0.125 e. The Morgan fingerprint density at radius 2 is 1.64 bits per heavy atom. The lowest BCUT2D eigenvalue weighted by Gasteiger charge is -2.36. The van der Waals surface area contributed by atoms with Gasteiger partial charge in [-0.2, -0.15) is 0 Å². The Morgan fingerprint density at radius 1 is 1.18 bits per heavy atom. The molecule has 0 aromatic rings. The molecule has 0 aromatic carbocycles. The summed E-state index contributed by atoms with van der Waals surface area (Å²) < 4.78 is 2.67. The van der Waals surface area contributed by atoms with Crippen LogP contribution < -0.4 is 0 Å². The monoisotopic (exact) mass is 171 g/mol. The highest BCUT2D eigenvalue weighted by Crippen LogP contribution is 2.32. The Morgan fingerprint density at radius 3 is 2.00 bits per heavy atom. The fraction of sp³-hybridized carbons (Fsp3) is 1.00. The van der Waals surface area contributed by atoms with E-state index in [-0.39, 0.29) is 0 Å². The van der Waals surface area contributed by atoms with Crippen LogP contribution >= 0.6 is 0 Å². The minimum atomic E-state index is -0.919. The highest BCUT2D eigenvalue weighted by molar-refractivity contribution is 6.76. The maximum atomic E-state index is 2.67. The lowest BCUT2D eigenvalue weighted by molar-refractivity contribution is 0.417. The highest BCUT2D eigenvalue weighted by atomic mass is 28.3. The lowest BCUT2D eigenvalue weighted by Crippen LogP contribution is -2.49. The topological polar surface area (TPSA) is 3.24 Å². The van der Waals surface area contributed by atoms with Crippen molar-refractivity contribution in [2.24, 2.45) is 0 Å². The Labute approximate surface area is 71.9 Å². The zero-order valence-corrected chi connectivity index (χ0v) is 9.35. The third-order valence-electron chi connectivity index (χ3n) is 3.31. The van der Waals surface area contributed by atoms with Crippen LogP contribution in [-0.4, -0.2) is 25.9 Å². The SMILES string of the molecule is CC(C)N(C)[Si]1(C)CCCC1. The van der Waals surface area contributed by atoms with Crippen LogP contribution in [0, 0.1) is 0 Å². The average molecular weight is 171 g/mol. The molecule has 0 bridgehead atoms. The van der Waals surface area contributed by atoms with Crippen molar-refractivity contribution in [2.45, 2.75) is 51.4 Å². The summed E-state index contributed by atoms with van der Waals surface area (Å²) >= 11 is 0. The molecule has 0 radical (unpaired) electrons. The van der Waals surface area contributed by atoms with Crippen LogP contribution in [0.4, 0.5) is 0 Å². The Balaban J connectivity index is 2.56. The highest BCUT2D eigenvalue weighted by Gasteiger charge is 2.36. The number of hydrogen-bond donors (Lipinski definition) is 0. The van der Waals surface area contributed by atoms with Crippen LogP contribution in [0.2, 0.25) is 18.6 Å². The van der Waals surface area contributed by atoms with Crippen molar-refractivity contribution < 1.29 is 0 Å². The maximum absolute atomic E-state index is 2.67. The van der Waals surface area contributed by atoms with E-state index in [4.69, 9.17) is 0 Å². The van der Waals surface area contributed by atoms with Crippen LogP contribution in [0.3, 0.4) is 0 Å². The second-order valence-electron chi connectivity index (χ2n) is 4.41. The van der Waals surface area contributed by atoms with Crippen molar-refractivity contribution in [1.29, 1.82) is 0 Å². The molecule has 0 aromatic heterocycles. The molecule has 1 nitrogen and oxygen atoms in total. The molecule has 1 aliphatic rings. The molecule has 0 unspecified atom stereocenters. The minimum Gasteiger partial charge on any atom is -0.324 e. The molecule has 1 heterocycles. The summed E-state index contributed by atoms with van der Waals surface area (Å²) in [4.78, 5) is 0. The van der Waals surface area contributed by atoms with Gasteiger partial charge in [-0.3, -0.25) is 0 Å². The molecule has 1 aliphatic heterocycles. The molecule has 0 amide bonds. The van der Waals surface area contributed by atoms with Gasteiger partial charge in [0.2, 0.25) is 0 Å². The molecule has 1 fully saturated rings. The summed E-state index contributed by atoms with van der Waals surface area (Å²) in [5.41, 5.74) is 0. The molecule has 0 N–H and O–H groups in total. The first-order chi connectivity index (χ1) is 5.06. The van der Waals surface area contributed by atoms with Gasteiger partial charge in [0.25, 0.3) is 0 Å². The Bertz CT molecular complexity index is 128. The summed E-state index contributed by atoms with van der Waals surface area (Å²) in [7, 11) is 1.40. The standard InChI is InChI=1S/C9H21NSi/c1-9(2)10(3)11(4)7-5-6-8-11/h9H,5-8H2,1-4H3. The zero-order chi connectivity index (χ0) is 8.48. The summed E-state index contributed by atoms with van der Waals surface area (Å²) in [6.07, 6.45) is 2.97. The van der Waals surface area contributed by atoms with E-state index < -0.39 is 8.24 Å². The fourth-order valence-electron chi connectivity index (χ4n) is 2.11. The minimum absolute atomic E-state index is 0.754. The van der Waals surface area contributed by atoms with E-state index >= 15 is 0 Å². The molecule has 0 aliphatic carbocycles. The predicted octanol–water partition coefficient (Wildman–Crippen LogP) is 2.70. The van der Waals surface area contributed by atoms with E-state index in [2.05, 4.69) is 32.0 Å². The van der Waals surface area contributed by atoms with Gasteiger partial charge in [-0.05, 0) is 25.2 Å². The van der Waals surface area contributed by atoms with Gasteiger partial charge < -0.3 is 4.57 Å². The van der Waals surface area contributed by atoms with Gasteiger partial charge in [0, 0.05) is 0 Å². The number of hydrogen-bond acceptors (Lipinski definition) is 1. The molecule has 11 heavy (non-hydrogen) atoms. The predicted molar refractivity (Wildman–Crippen MR) is 53.4 cm³/mol. The summed E-state index contributed by atoms with van der Waals surface area (Å²) in [5.74, 6) is 0. The van der Waals surface area contributed by atoms with E-state index in [0.29, 0.717) is 0 Å². The summed E-state index contributed by atoms with van der Waals surface area (Å²) in [5, 5.41) is 0. The van der Waals surface area contributed by atoms with Gasteiger partial charge in [0.15, 0.2) is 0 Å². The molecular formula is C9H21NSi. The van der Waals surface area contributed by atoms with E-state index in [0.717, 1.165) is 6.04 Å². The van der Waals surface area contributed by atoms with Crippen LogP contribution in [0.25, 0.3) is 0 Å². The molecule has 0 atom stereocenters. The Hall–Kier alpha value is 0.177. The van der Waals surface area contributed by atoms with Gasteiger partial charge in [0.05, 0.1) is 0 Å². The molecular weight excluding hydrogens is 150 g/mol.